The Bertz CT molecular complexity index is 310. The van der Waals surface area contributed by atoms with Gasteiger partial charge in [-0.05, 0) is 47.2 Å². The Morgan fingerprint density at radius 3 is 2.23 bits per heavy atom. The van der Waals surface area contributed by atoms with Crippen molar-refractivity contribution in [1.29, 1.82) is 0 Å². The molecule has 1 aromatic rings. The van der Waals surface area contributed by atoms with Gasteiger partial charge in [0.05, 0.1) is 10.6 Å². The van der Waals surface area contributed by atoms with Crippen LogP contribution in [0.1, 0.15) is 11.1 Å². The molecule has 0 unspecified atom stereocenters. The van der Waals surface area contributed by atoms with Crippen molar-refractivity contribution in [2.24, 2.45) is 0 Å². The van der Waals surface area contributed by atoms with Crippen LogP contribution in [-0.2, 0) is 6.18 Å². The molecule has 0 atom stereocenters. The monoisotopic (exact) mass is 320 g/mol. The third kappa shape index (κ3) is 2.49. The average molecular weight is 320 g/mol. The standard InChI is InChI=1S/C8H5ClF3I/c1-4-2-5(8(10,11)12)3-6(9)7(4)13/h2-3H,1H3. The third-order valence-corrected chi connectivity index (χ3v) is 3.59. The van der Waals surface area contributed by atoms with Crippen LogP contribution in [0.2, 0.25) is 5.02 Å². The Morgan fingerprint density at radius 1 is 1.31 bits per heavy atom. The fourth-order valence-electron chi connectivity index (χ4n) is 0.890. The molecule has 0 fully saturated rings. The van der Waals surface area contributed by atoms with E-state index in [2.05, 4.69) is 0 Å². The first kappa shape index (κ1) is 11.1. The van der Waals surface area contributed by atoms with Crippen LogP contribution >= 0.6 is 34.2 Å². The molecule has 0 aliphatic rings. The number of aryl methyl sites for hydroxylation is 1. The molecule has 1 aromatic carbocycles. The highest BCUT2D eigenvalue weighted by atomic mass is 127. The van der Waals surface area contributed by atoms with E-state index in [0.717, 1.165) is 12.1 Å². The normalized spacial score (nSPS) is 11.8. The van der Waals surface area contributed by atoms with Crippen molar-refractivity contribution >= 4 is 34.2 Å². The number of benzene rings is 1. The van der Waals surface area contributed by atoms with Gasteiger partial charge in [-0.3, -0.25) is 0 Å². The number of rotatable bonds is 0. The summed E-state index contributed by atoms with van der Waals surface area (Å²) in [4.78, 5) is 0. The van der Waals surface area contributed by atoms with Crippen LogP contribution in [-0.4, -0.2) is 0 Å². The van der Waals surface area contributed by atoms with Crippen LogP contribution in [0.5, 0.6) is 0 Å². The van der Waals surface area contributed by atoms with Gasteiger partial charge in [0.1, 0.15) is 0 Å². The van der Waals surface area contributed by atoms with Crippen LogP contribution < -0.4 is 0 Å². The molecule has 0 amide bonds. The summed E-state index contributed by atoms with van der Waals surface area (Å²) in [7, 11) is 0. The van der Waals surface area contributed by atoms with Crippen molar-refractivity contribution in [2.75, 3.05) is 0 Å². The highest BCUT2D eigenvalue weighted by Crippen LogP contribution is 2.34. The van der Waals surface area contributed by atoms with E-state index in [-0.39, 0.29) is 5.02 Å². The van der Waals surface area contributed by atoms with Gasteiger partial charge in [0.25, 0.3) is 0 Å². The van der Waals surface area contributed by atoms with Crippen molar-refractivity contribution in [1.82, 2.24) is 0 Å². The van der Waals surface area contributed by atoms with E-state index in [1.807, 2.05) is 22.6 Å². The Kier molecular flexibility index (Phi) is 3.12. The molecule has 0 bridgehead atoms. The fraction of sp³-hybridized carbons (Fsp3) is 0.250. The van der Waals surface area contributed by atoms with E-state index < -0.39 is 11.7 Å². The lowest BCUT2D eigenvalue weighted by Crippen LogP contribution is -2.05. The molecule has 0 N–H and O–H groups in total. The van der Waals surface area contributed by atoms with E-state index in [1.54, 1.807) is 6.92 Å². The molecule has 0 spiro atoms. The topological polar surface area (TPSA) is 0 Å². The molecule has 0 aromatic heterocycles. The van der Waals surface area contributed by atoms with Gasteiger partial charge in [0.15, 0.2) is 0 Å². The molecule has 0 nitrogen and oxygen atoms in total. The lowest BCUT2D eigenvalue weighted by molar-refractivity contribution is -0.137. The Labute approximate surface area is 92.2 Å². The van der Waals surface area contributed by atoms with Gasteiger partial charge in [-0.1, -0.05) is 11.6 Å². The number of hydrogen-bond donors (Lipinski definition) is 0. The van der Waals surface area contributed by atoms with Crippen LogP contribution in [0.15, 0.2) is 12.1 Å². The number of hydrogen-bond acceptors (Lipinski definition) is 0. The highest BCUT2D eigenvalue weighted by molar-refractivity contribution is 14.1. The van der Waals surface area contributed by atoms with Crippen LogP contribution in [0.25, 0.3) is 0 Å². The van der Waals surface area contributed by atoms with Crippen LogP contribution in [0, 0.1) is 10.5 Å². The molecule has 0 saturated heterocycles. The molecule has 13 heavy (non-hydrogen) atoms. The molecule has 0 radical (unpaired) electrons. The van der Waals surface area contributed by atoms with E-state index in [1.165, 1.54) is 0 Å². The minimum Gasteiger partial charge on any atom is -0.166 e. The Balaban J connectivity index is 3.29. The second-order valence-electron chi connectivity index (χ2n) is 2.59. The molecule has 72 valence electrons. The maximum atomic E-state index is 12.2. The first-order valence-electron chi connectivity index (χ1n) is 3.35. The average Bonchev–Trinajstić information content (AvgIpc) is 1.97. The van der Waals surface area contributed by atoms with Gasteiger partial charge < -0.3 is 0 Å². The summed E-state index contributed by atoms with van der Waals surface area (Å²) in [5.74, 6) is 0. The summed E-state index contributed by atoms with van der Waals surface area (Å²) in [6, 6.07) is 2.03. The molecule has 0 aliphatic heterocycles. The van der Waals surface area contributed by atoms with Crippen molar-refractivity contribution in [3.63, 3.8) is 0 Å². The van der Waals surface area contributed by atoms with Crippen molar-refractivity contribution < 1.29 is 13.2 Å². The highest BCUT2D eigenvalue weighted by Gasteiger charge is 2.31. The summed E-state index contributed by atoms with van der Waals surface area (Å²) >= 11 is 7.53. The van der Waals surface area contributed by atoms with Crippen LogP contribution in [0.3, 0.4) is 0 Å². The van der Waals surface area contributed by atoms with Gasteiger partial charge in [0.2, 0.25) is 0 Å². The van der Waals surface area contributed by atoms with Gasteiger partial charge in [0, 0.05) is 3.57 Å². The van der Waals surface area contributed by atoms with E-state index >= 15 is 0 Å². The predicted molar refractivity (Wildman–Crippen MR) is 53.9 cm³/mol. The zero-order chi connectivity index (χ0) is 10.2. The van der Waals surface area contributed by atoms with Gasteiger partial charge in [-0.25, -0.2) is 0 Å². The zero-order valence-electron chi connectivity index (χ0n) is 6.54. The molecule has 0 heterocycles. The summed E-state index contributed by atoms with van der Waals surface area (Å²) in [6.07, 6.45) is -4.32. The molecule has 0 aliphatic carbocycles. The number of halogens is 5. The third-order valence-electron chi connectivity index (χ3n) is 1.54. The fourth-order valence-corrected chi connectivity index (χ4v) is 1.47. The first-order chi connectivity index (χ1) is 5.82. The first-order valence-corrected chi connectivity index (χ1v) is 4.81. The maximum Gasteiger partial charge on any atom is 0.416 e. The lowest BCUT2D eigenvalue weighted by atomic mass is 10.1. The summed E-state index contributed by atoms with van der Waals surface area (Å²) in [6.45, 7) is 1.60. The largest absolute Gasteiger partial charge is 0.416 e. The molecular formula is C8H5ClF3I. The quantitative estimate of drug-likeness (QED) is 0.626. The zero-order valence-corrected chi connectivity index (χ0v) is 9.46. The Hall–Kier alpha value is 0.0300. The summed E-state index contributed by atoms with van der Waals surface area (Å²) in [5.41, 5.74) is -0.157. The van der Waals surface area contributed by atoms with Gasteiger partial charge >= 0.3 is 6.18 Å². The summed E-state index contributed by atoms with van der Waals surface area (Å²) < 4.78 is 37.3. The van der Waals surface area contributed by atoms with Gasteiger partial charge in [-0.15, -0.1) is 0 Å². The molecular weight excluding hydrogens is 315 g/mol. The van der Waals surface area contributed by atoms with Gasteiger partial charge in [-0.2, -0.15) is 13.2 Å². The van der Waals surface area contributed by atoms with Crippen molar-refractivity contribution in [3.8, 4) is 0 Å². The van der Waals surface area contributed by atoms with Crippen molar-refractivity contribution in [2.45, 2.75) is 13.1 Å². The molecule has 5 heteroatoms. The minimum atomic E-state index is -4.32. The predicted octanol–water partition coefficient (Wildman–Crippen LogP) is 4.27. The summed E-state index contributed by atoms with van der Waals surface area (Å²) in [5, 5.41) is 0.146. The second kappa shape index (κ2) is 3.65. The van der Waals surface area contributed by atoms with Crippen molar-refractivity contribution in [3.05, 3.63) is 31.9 Å². The van der Waals surface area contributed by atoms with E-state index in [4.69, 9.17) is 11.6 Å². The number of alkyl halides is 3. The minimum absolute atomic E-state index is 0.146. The van der Waals surface area contributed by atoms with Crippen LogP contribution in [0.4, 0.5) is 13.2 Å². The maximum absolute atomic E-state index is 12.2. The lowest BCUT2D eigenvalue weighted by Gasteiger charge is -2.09. The smallest absolute Gasteiger partial charge is 0.166 e. The van der Waals surface area contributed by atoms with E-state index in [9.17, 15) is 13.2 Å². The second-order valence-corrected chi connectivity index (χ2v) is 4.07. The molecule has 1 rings (SSSR count). The SMILES string of the molecule is Cc1cc(C(F)(F)F)cc(Cl)c1I. The Morgan fingerprint density at radius 2 is 1.85 bits per heavy atom. The molecule has 0 saturated carbocycles. The van der Waals surface area contributed by atoms with E-state index in [0.29, 0.717) is 9.13 Å².